The largest absolute Gasteiger partial charge is 0.508 e. The molecule has 15 heteroatoms. The normalized spacial score (nSPS) is 19.8. The molecule has 0 radical (unpaired) electrons. The van der Waals surface area contributed by atoms with Gasteiger partial charge < -0.3 is 29.0 Å². The van der Waals surface area contributed by atoms with Gasteiger partial charge >= 0.3 is 26.0 Å². The molecule has 0 heterocycles. The highest BCUT2D eigenvalue weighted by atomic mass is 31.2. The average Bonchev–Trinajstić information content (AvgIpc) is 2.97. The van der Waals surface area contributed by atoms with E-state index in [-0.39, 0.29) is 38.6 Å². The summed E-state index contributed by atoms with van der Waals surface area (Å²) in [5.41, 5.74) is 0. The first kappa shape index (κ1) is 35.6. The van der Waals surface area contributed by atoms with Crippen molar-refractivity contribution in [3.63, 3.8) is 0 Å². The molecule has 42 heavy (non-hydrogen) atoms. The Hall–Kier alpha value is -2.57. The van der Waals surface area contributed by atoms with Crippen molar-refractivity contribution < 1.29 is 52.1 Å². The van der Waals surface area contributed by atoms with Crippen LogP contribution in [-0.2, 0) is 37.4 Å². The minimum absolute atomic E-state index is 0.0632. The van der Waals surface area contributed by atoms with Crippen LogP contribution in [-0.4, -0.2) is 86.0 Å². The number of nitrogens with one attached hydrogen (secondary N) is 2. The molecule has 0 aromatic carbocycles. The van der Waals surface area contributed by atoms with Gasteiger partial charge in [0.15, 0.2) is 0 Å². The number of hydrogen-bond donors (Lipinski definition) is 3. The van der Waals surface area contributed by atoms with Crippen LogP contribution in [0.25, 0.3) is 0 Å². The van der Waals surface area contributed by atoms with E-state index in [0.717, 1.165) is 69.1 Å². The first-order valence-electron chi connectivity index (χ1n) is 14.8. The van der Waals surface area contributed by atoms with Crippen LogP contribution >= 0.6 is 7.75 Å². The van der Waals surface area contributed by atoms with Crippen LogP contribution < -0.4 is 5.09 Å². The maximum absolute atomic E-state index is 13.6. The number of nitrogens with zero attached hydrogens (tertiary/aromatic N) is 1. The topological polar surface area (TPSA) is 183 Å². The molecule has 2 aliphatic carbocycles. The number of guanidine groups is 1. The molecule has 0 spiro atoms. The maximum Gasteiger partial charge on any atom is 0.508 e. The summed E-state index contributed by atoms with van der Waals surface area (Å²) in [5, 5.41) is 19.8. The maximum atomic E-state index is 13.6. The van der Waals surface area contributed by atoms with Crippen molar-refractivity contribution in [2.24, 2.45) is 11.8 Å². The molecule has 0 aromatic rings. The fourth-order valence-corrected chi connectivity index (χ4v) is 5.87. The Labute approximate surface area is 248 Å². The zero-order valence-corrected chi connectivity index (χ0v) is 26.1. The zero-order chi connectivity index (χ0) is 31.1. The molecule has 3 unspecified atom stereocenters. The molecule has 2 aliphatic rings. The Morgan fingerprint density at radius 3 is 1.60 bits per heavy atom. The van der Waals surface area contributed by atoms with Gasteiger partial charge in [0, 0.05) is 18.9 Å². The van der Waals surface area contributed by atoms with E-state index in [1.165, 1.54) is 14.0 Å². The average molecular weight is 622 g/mol. The second-order valence-electron chi connectivity index (χ2n) is 11.3. The number of carboxylic acid groups (broad SMARTS) is 1. The summed E-state index contributed by atoms with van der Waals surface area (Å²) < 4.78 is 45.7. The first-order chi connectivity index (χ1) is 19.9. The summed E-state index contributed by atoms with van der Waals surface area (Å²) in [4.78, 5) is 36.5. The third kappa shape index (κ3) is 13.6. The lowest BCUT2D eigenvalue weighted by Gasteiger charge is -2.28. The van der Waals surface area contributed by atoms with E-state index in [1.54, 1.807) is 13.8 Å². The zero-order valence-electron chi connectivity index (χ0n) is 25.2. The van der Waals surface area contributed by atoms with Crippen molar-refractivity contribution in [1.82, 2.24) is 9.99 Å². The minimum Gasteiger partial charge on any atom is -0.480 e. The highest BCUT2D eigenvalue weighted by Crippen LogP contribution is 2.44. The van der Waals surface area contributed by atoms with E-state index < -0.39 is 49.9 Å². The third-order valence-corrected chi connectivity index (χ3v) is 8.66. The van der Waals surface area contributed by atoms with Gasteiger partial charge in [0.2, 0.25) is 5.96 Å². The van der Waals surface area contributed by atoms with Gasteiger partial charge in [-0.3, -0.25) is 19.5 Å². The Balaban J connectivity index is 1.87. The number of carbonyl (C=O) groups is 3. The summed E-state index contributed by atoms with van der Waals surface area (Å²) >= 11 is 0. The molecule has 0 bridgehead atoms. The van der Waals surface area contributed by atoms with Crippen molar-refractivity contribution in [2.75, 3.05) is 33.5 Å². The molecule has 0 saturated heterocycles. The van der Waals surface area contributed by atoms with Gasteiger partial charge in [-0.2, -0.15) is 0 Å². The van der Waals surface area contributed by atoms with E-state index in [4.69, 9.17) is 33.4 Å². The van der Waals surface area contributed by atoms with E-state index in [9.17, 15) is 24.1 Å². The fourth-order valence-electron chi connectivity index (χ4n) is 4.34. The van der Waals surface area contributed by atoms with Crippen molar-refractivity contribution >= 4 is 32.0 Å². The van der Waals surface area contributed by atoms with Crippen LogP contribution in [0.3, 0.4) is 0 Å². The quantitative estimate of drug-likeness (QED) is 0.0927. The van der Waals surface area contributed by atoms with Gasteiger partial charge in [-0.05, 0) is 58.3 Å². The van der Waals surface area contributed by atoms with Crippen LogP contribution in [0.4, 0.5) is 9.59 Å². The highest BCUT2D eigenvalue weighted by molar-refractivity contribution is 7.52. The predicted octanol–water partition coefficient (Wildman–Crippen LogP) is 5.30. The molecule has 14 nitrogen and oxygen atoms in total. The van der Waals surface area contributed by atoms with Crippen LogP contribution in [0, 0.1) is 17.2 Å². The van der Waals surface area contributed by atoms with Crippen LogP contribution in [0.5, 0.6) is 0 Å². The highest BCUT2D eigenvalue weighted by Gasteiger charge is 2.32. The molecule has 2 fully saturated rings. The molecule has 0 amide bonds. The van der Waals surface area contributed by atoms with E-state index in [2.05, 4.69) is 5.09 Å². The van der Waals surface area contributed by atoms with Crippen molar-refractivity contribution in [3.8, 4) is 0 Å². The number of aliphatic carboxylic acids is 1. The van der Waals surface area contributed by atoms with Crippen LogP contribution in [0.1, 0.15) is 85.0 Å². The van der Waals surface area contributed by atoms with Gasteiger partial charge in [0.1, 0.15) is 18.2 Å². The number of likely N-dealkylation sites (N-methyl/N-ethyl adjacent to an activating group) is 1. The van der Waals surface area contributed by atoms with Gasteiger partial charge in [0.05, 0.1) is 26.4 Å². The molecular weight excluding hydrogens is 573 g/mol. The monoisotopic (exact) mass is 621 g/mol. The van der Waals surface area contributed by atoms with Crippen molar-refractivity contribution in [3.05, 3.63) is 0 Å². The number of ether oxygens (including phenoxy) is 4. The molecule has 2 saturated carbocycles. The Morgan fingerprint density at radius 2 is 1.21 bits per heavy atom. The predicted molar refractivity (Wildman–Crippen MR) is 152 cm³/mol. The molecule has 3 atom stereocenters. The smallest absolute Gasteiger partial charge is 0.480 e. The second-order valence-corrected chi connectivity index (χ2v) is 13.0. The molecule has 2 rings (SSSR count). The number of carbonyl (C=O) groups excluding carboxylic acids is 2. The lowest BCUT2D eigenvalue weighted by atomic mass is 9.98. The Morgan fingerprint density at radius 1 is 0.810 bits per heavy atom. The second kappa shape index (κ2) is 18.2. The fraction of sp³-hybridized carbons (Fsp3) is 0.852. The third-order valence-electron chi connectivity index (χ3n) is 7.19. The minimum atomic E-state index is -4.21. The van der Waals surface area contributed by atoms with E-state index in [1.807, 2.05) is 0 Å². The Bertz CT molecular complexity index is 875. The van der Waals surface area contributed by atoms with Crippen molar-refractivity contribution in [2.45, 2.75) is 103 Å². The number of hydrogen-bond acceptors (Lipinski definition) is 11. The van der Waals surface area contributed by atoms with Crippen LogP contribution in [0.15, 0.2) is 0 Å². The summed E-state index contributed by atoms with van der Waals surface area (Å²) in [7, 11) is -2.86. The summed E-state index contributed by atoms with van der Waals surface area (Å²) in [6.45, 7) is 4.30. The van der Waals surface area contributed by atoms with Gasteiger partial charge in [0.25, 0.3) is 0 Å². The molecular formula is C27H48N3O11P. The molecule has 3 N–H and O–H groups in total. The van der Waals surface area contributed by atoms with Gasteiger partial charge in [-0.25, -0.2) is 18.9 Å². The van der Waals surface area contributed by atoms with Crippen LogP contribution in [0.2, 0.25) is 0 Å². The number of carboxylic acids is 1. The van der Waals surface area contributed by atoms with Gasteiger partial charge in [-0.15, -0.1) is 0 Å². The lowest BCUT2D eigenvalue weighted by molar-refractivity contribution is -0.140. The summed E-state index contributed by atoms with van der Waals surface area (Å²) in [6.07, 6.45) is 7.70. The number of rotatable bonds is 15. The molecule has 242 valence electrons. The van der Waals surface area contributed by atoms with E-state index in [0.29, 0.717) is 0 Å². The summed E-state index contributed by atoms with van der Waals surface area (Å²) in [6, 6.07) is -1.09. The Kier molecular flexibility index (Phi) is 15.4. The molecule has 0 aliphatic heterocycles. The summed E-state index contributed by atoms with van der Waals surface area (Å²) in [5.74, 6) is -2.50. The van der Waals surface area contributed by atoms with Gasteiger partial charge in [-0.1, -0.05) is 26.7 Å². The SMILES string of the molecule is CC(COC(=O)OC1CCCCC1)COP(=O)(NC(=N)N(C)C(C)C(=O)O)OCC(C)COC(=O)OC1CCCCC1. The first-order valence-corrected chi connectivity index (χ1v) is 16.3. The standard InChI is InChI=1S/C27H48N3O11P/c1-19(15-36-26(33)40-22-11-7-5-8-12-22)17-38-42(35,29-25(28)30(4)21(3)24(31)32)39-18-20(2)16-37-27(34)41-23-13-9-6-10-14-23/h19-23H,5-18H2,1-4H3,(H,31,32)(H2,28,29,35). The van der Waals surface area contributed by atoms with Crippen molar-refractivity contribution in [1.29, 1.82) is 5.41 Å². The molecule has 0 aromatic heterocycles. The lowest BCUT2D eigenvalue weighted by Crippen LogP contribution is -2.45. The van der Waals surface area contributed by atoms with E-state index >= 15 is 0 Å².